The van der Waals surface area contributed by atoms with E-state index in [1.165, 1.54) is 22.9 Å². The molecule has 0 atom stereocenters. The molecule has 5 nitrogen and oxygen atoms in total. The summed E-state index contributed by atoms with van der Waals surface area (Å²) in [5.41, 5.74) is 1.36. The Bertz CT molecular complexity index is 782. The van der Waals surface area contributed by atoms with E-state index in [4.69, 9.17) is 5.11 Å². The minimum absolute atomic E-state index is 0.0696. The fourth-order valence-corrected chi connectivity index (χ4v) is 1.92. The molecule has 0 aliphatic heterocycles. The highest BCUT2D eigenvalue weighted by Gasteiger charge is 2.14. The maximum Gasteiger partial charge on any atom is 0.338 e. The lowest BCUT2D eigenvalue weighted by Gasteiger charge is -2.02. The average molecular weight is 257 g/mol. The van der Waals surface area contributed by atoms with Crippen LogP contribution >= 0.6 is 0 Å². The molecule has 0 unspecified atom stereocenters. The predicted octanol–water partition coefficient (Wildman–Crippen LogP) is 2.26. The third-order valence-corrected chi connectivity index (χ3v) is 2.76. The van der Waals surface area contributed by atoms with E-state index in [-0.39, 0.29) is 11.1 Å². The molecule has 0 bridgehead atoms. The van der Waals surface area contributed by atoms with Crippen LogP contribution in [0.5, 0.6) is 0 Å². The molecule has 0 amide bonds. The Hall–Kier alpha value is -2.76. The molecule has 1 aromatic heterocycles. The smallest absolute Gasteiger partial charge is 0.338 e. The summed E-state index contributed by atoms with van der Waals surface area (Å²) in [6, 6.07) is 10.6. The number of hydrogen-bond donors (Lipinski definition) is 1. The summed E-state index contributed by atoms with van der Waals surface area (Å²) in [5, 5.41) is 16.8. The Morgan fingerprint density at radius 2 is 2.00 bits per heavy atom. The molecule has 0 aliphatic carbocycles. The van der Waals surface area contributed by atoms with Gasteiger partial charge in [-0.05, 0) is 30.3 Å². The zero-order valence-electron chi connectivity index (χ0n) is 9.62. The fourth-order valence-electron chi connectivity index (χ4n) is 1.92. The van der Waals surface area contributed by atoms with Crippen LogP contribution < -0.4 is 0 Å². The normalized spacial score (nSPS) is 10.8. The van der Waals surface area contributed by atoms with Gasteiger partial charge >= 0.3 is 5.97 Å². The Kier molecular flexibility index (Phi) is 2.49. The molecular weight excluding hydrogens is 249 g/mol. The number of carboxylic acids is 1. The molecule has 1 heterocycles. The van der Waals surface area contributed by atoms with Gasteiger partial charge in [-0.15, -0.1) is 5.10 Å². The maximum absolute atomic E-state index is 13.2. The lowest BCUT2D eigenvalue weighted by molar-refractivity contribution is 0.0699. The van der Waals surface area contributed by atoms with E-state index in [0.29, 0.717) is 11.2 Å². The number of rotatable bonds is 2. The number of nitrogens with zero attached hydrogens (tertiary/aromatic N) is 3. The predicted molar refractivity (Wildman–Crippen MR) is 65.8 cm³/mol. The molecule has 1 N–H and O–H groups in total. The number of aromatic carboxylic acids is 1. The first kappa shape index (κ1) is 11.3. The third kappa shape index (κ3) is 1.83. The van der Waals surface area contributed by atoms with Crippen LogP contribution in [0.4, 0.5) is 4.39 Å². The average Bonchev–Trinajstić information content (AvgIpc) is 2.82. The van der Waals surface area contributed by atoms with Crippen LogP contribution in [0.2, 0.25) is 0 Å². The summed E-state index contributed by atoms with van der Waals surface area (Å²) < 4.78 is 14.6. The SMILES string of the molecule is O=C(O)c1cccc2c1nnn2-c1cccc(F)c1. The number of carboxylic acid groups (broad SMARTS) is 1. The minimum atomic E-state index is -1.07. The first-order valence-corrected chi connectivity index (χ1v) is 5.50. The van der Waals surface area contributed by atoms with Gasteiger partial charge in [-0.25, -0.2) is 13.9 Å². The first-order chi connectivity index (χ1) is 9.16. The second kappa shape index (κ2) is 4.16. The number of benzene rings is 2. The van der Waals surface area contributed by atoms with Crippen LogP contribution in [-0.2, 0) is 0 Å². The summed E-state index contributed by atoms with van der Waals surface area (Å²) >= 11 is 0. The van der Waals surface area contributed by atoms with Gasteiger partial charge in [0.2, 0.25) is 0 Å². The zero-order valence-corrected chi connectivity index (χ0v) is 9.62. The van der Waals surface area contributed by atoms with Crippen molar-refractivity contribution in [2.24, 2.45) is 0 Å². The Morgan fingerprint density at radius 3 is 2.74 bits per heavy atom. The Morgan fingerprint density at radius 1 is 1.21 bits per heavy atom. The fraction of sp³-hybridized carbons (Fsp3) is 0. The molecule has 19 heavy (non-hydrogen) atoms. The van der Waals surface area contributed by atoms with Gasteiger partial charge in [0.05, 0.1) is 16.8 Å². The molecule has 0 aliphatic rings. The van der Waals surface area contributed by atoms with Gasteiger partial charge in [0, 0.05) is 0 Å². The summed E-state index contributed by atoms with van der Waals surface area (Å²) in [4.78, 5) is 11.1. The standard InChI is InChI=1S/C13H8FN3O2/c14-8-3-1-4-9(7-8)17-11-6-2-5-10(13(18)19)12(11)15-16-17/h1-7H,(H,18,19). The molecule has 6 heteroatoms. The van der Waals surface area contributed by atoms with Gasteiger partial charge in [0.25, 0.3) is 0 Å². The van der Waals surface area contributed by atoms with Crippen molar-refractivity contribution in [2.75, 3.05) is 0 Å². The van der Waals surface area contributed by atoms with Gasteiger partial charge in [-0.3, -0.25) is 0 Å². The lowest BCUT2D eigenvalue weighted by atomic mass is 10.2. The molecule has 0 saturated heterocycles. The van der Waals surface area contributed by atoms with E-state index in [9.17, 15) is 9.18 Å². The molecule has 94 valence electrons. The molecule has 0 radical (unpaired) electrons. The maximum atomic E-state index is 13.2. The van der Waals surface area contributed by atoms with Gasteiger partial charge in [-0.1, -0.05) is 17.3 Å². The topological polar surface area (TPSA) is 68.0 Å². The summed E-state index contributed by atoms with van der Waals surface area (Å²) in [6.45, 7) is 0. The number of fused-ring (bicyclic) bond motifs is 1. The van der Waals surface area contributed by atoms with Gasteiger partial charge < -0.3 is 5.11 Å². The molecular formula is C13H8FN3O2. The van der Waals surface area contributed by atoms with Crippen molar-refractivity contribution in [2.45, 2.75) is 0 Å². The van der Waals surface area contributed by atoms with E-state index in [1.54, 1.807) is 24.3 Å². The molecule has 0 saturated carbocycles. The van der Waals surface area contributed by atoms with Crippen LogP contribution in [0.3, 0.4) is 0 Å². The first-order valence-electron chi connectivity index (χ1n) is 5.50. The molecule has 0 spiro atoms. The number of aromatic nitrogens is 3. The van der Waals surface area contributed by atoms with Crippen molar-refractivity contribution >= 4 is 17.0 Å². The van der Waals surface area contributed by atoms with Crippen LogP contribution in [0, 0.1) is 5.82 Å². The van der Waals surface area contributed by atoms with Gasteiger partial charge in [-0.2, -0.15) is 0 Å². The quantitative estimate of drug-likeness (QED) is 0.764. The third-order valence-electron chi connectivity index (χ3n) is 2.76. The Balaban J connectivity index is 2.27. The minimum Gasteiger partial charge on any atom is -0.478 e. The second-order valence-corrected chi connectivity index (χ2v) is 3.96. The largest absolute Gasteiger partial charge is 0.478 e. The number of carbonyl (C=O) groups is 1. The number of halogens is 1. The van der Waals surface area contributed by atoms with Gasteiger partial charge in [0.1, 0.15) is 11.3 Å². The summed E-state index contributed by atoms with van der Waals surface area (Å²) in [5.74, 6) is -1.47. The van der Waals surface area contributed by atoms with Crippen molar-refractivity contribution in [1.29, 1.82) is 0 Å². The van der Waals surface area contributed by atoms with E-state index in [2.05, 4.69) is 10.3 Å². The van der Waals surface area contributed by atoms with Crippen molar-refractivity contribution in [3.63, 3.8) is 0 Å². The van der Waals surface area contributed by atoms with Crippen molar-refractivity contribution < 1.29 is 14.3 Å². The monoisotopic (exact) mass is 257 g/mol. The molecule has 3 rings (SSSR count). The molecule has 3 aromatic rings. The zero-order chi connectivity index (χ0) is 13.4. The highest BCUT2D eigenvalue weighted by Crippen LogP contribution is 2.20. The van der Waals surface area contributed by atoms with Crippen molar-refractivity contribution in [3.8, 4) is 5.69 Å². The number of hydrogen-bond acceptors (Lipinski definition) is 3. The van der Waals surface area contributed by atoms with Crippen LogP contribution in [0.25, 0.3) is 16.7 Å². The van der Waals surface area contributed by atoms with Gasteiger partial charge in [0.15, 0.2) is 0 Å². The highest BCUT2D eigenvalue weighted by molar-refractivity contribution is 6.00. The van der Waals surface area contributed by atoms with E-state index in [0.717, 1.165) is 0 Å². The van der Waals surface area contributed by atoms with E-state index >= 15 is 0 Å². The molecule has 2 aromatic carbocycles. The Labute approximate surface area is 106 Å². The van der Waals surface area contributed by atoms with E-state index in [1.807, 2.05) is 0 Å². The van der Waals surface area contributed by atoms with Crippen LogP contribution in [0.1, 0.15) is 10.4 Å². The van der Waals surface area contributed by atoms with E-state index < -0.39 is 11.8 Å². The highest BCUT2D eigenvalue weighted by atomic mass is 19.1. The summed E-state index contributed by atoms with van der Waals surface area (Å²) in [7, 11) is 0. The van der Waals surface area contributed by atoms with Crippen LogP contribution in [-0.4, -0.2) is 26.1 Å². The summed E-state index contributed by atoms with van der Waals surface area (Å²) in [6.07, 6.45) is 0. The second-order valence-electron chi connectivity index (χ2n) is 3.96. The molecule has 0 fully saturated rings. The van der Waals surface area contributed by atoms with Crippen molar-refractivity contribution in [3.05, 3.63) is 53.8 Å². The van der Waals surface area contributed by atoms with Crippen LogP contribution in [0.15, 0.2) is 42.5 Å². The lowest BCUT2D eigenvalue weighted by Crippen LogP contribution is -1.98. The van der Waals surface area contributed by atoms with Crippen molar-refractivity contribution in [1.82, 2.24) is 15.0 Å².